The minimum atomic E-state index is -0.173. The van der Waals surface area contributed by atoms with Crippen LogP contribution in [-0.2, 0) is 0 Å². The Morgan fingerprint density at radius 3 is 3.20 bits per heavy atom. The van der Waals surface area contributed by atoms with Crippen molar-refractivity contribution in [2.45, 2.75) is 13.2 Å². The molecule has 1 heterocycles. The fourth-order valence-corrected chi connectivity index (χ4v) is 0.681. The van der Waals surface area contributed by atoms with Gasteiger partial charge in [-0.3, -0.25) is 10.3 Å². The Balaban J connectivity index is 2.37. The van der Waals surface area contributed by atoms with E-state index < -0.39 is 0 Å². The van der Waals surface area contributed by atoms with Crippen LogP contribution in [0.3, 0.4) is 0 Å². The molecule has 4 heteroatoms. The molecule has 1 aliphatic heterocycles. The van der Waals surface area contributed by atoms with E-state index in [1.54, 1.807) is 6.21 Å². The lowest BCUT2D eigenvalue weighted by molar-refractivity contribution is 0.235. The molecular formula is C6H11N3O. The van der Waals surface area contributed by atoms with Gasteiger partial charge in [-0.1, -0.05) is 0 Å². The van der Waals surface area contributed by atoms with Gasteiger partial charge in [-0.2, -0.15) is 0 Å². The van der Waals surface area contributed by atoms with Crippen molar-refractivity contribution in [3.05, 3.63) is 11.8 Å². The van der Waals surface area contributed by atoms with E-state index in [0.29, 0.717) is 0 Å². The molecule has 0 aromatic heterocycles. The molecule has 56 valence electrons. The maximum absolute atomic E-state index is 8.44. The lowest BCUT2D eigenvalue weighted by Gasteiger charge is -2.16. The number of rotatable bonds is 2. The van der Waals surface area contributed by atoms with Crippen molar-refractivity contribution in [3.8, 4) is 0 Å². The number of hydrogen-bond acceptors (Lipinski definition) is 4. The first kappa shape index (κ1) is 7.24. The van der Waals surface area contributed by atoms with Gasteiger partial charge in [-0.25, -0.2) is 0 Å². The van der Waals surface area contributed by atoms with Crippen molar-refractivity contribution in [2.24, 2.45) is 4.99 Å². The largest absolute Gasteiger partial charge is 0.381 e. The Hall–Kier alpha value is -0.870. The third-order valence-corrected chi connectivity index (χ3v) is 1.18. The van der Waals surface area contributed by atoms with Crippen LogP contribution < -0.4 is 10.6 Å². The van der Waals surface area contributed by atoms with E-state index in [9.17, 15) is 0 Å². The van der Waals surface area contributed by atoms with Crippen molar-refractivity contribution in [1.82, 2.24) is 10.6 Å². The van der Waals surface area contributed by atoms with E-state index in [4.69, 9.17) is 5.11 Å². The molecule has 0 bridgehead atoms. The lowest BCUT2D eigenvalue weighted by Crippen LogP contribution is -2.40. The number of nitrogens with zero attached hydrogens (tertiary/aromatic N) is 1. The highest BCUT2D eigenvalue weighted by Gasteiger charge is 2.02. The highest BCUT2D eigenvalue weighted by Crippen LogP contribution is 1.93. The normalized spacial score (nSPS) is 23.8. The van der Waals surface area contributed by atoms with Gasteiger partial charge in [0.05, 0.1) is 6.73 Å². The summed E-state index contributed by atoms with van der Waals surface area (Å²) in [5.41, 5.74) is 1.08. The van der Waals surface area contributed by atoms with Gasteiger partial charge >= 0.3 is 0 Å². The Morgan fingerprint density at radius 2 is 2.70 bits per heavy atom. The first-order valence-electron chi connectivity index (χ1n) is 3.13. The van der Waals surface area contributed by atoms with E-state index in [-0.39, 0.29) is 13.0 Å². The predicted octanol–water partition coefficient (Wildman–Crippen LogP) is -0.613. The first-order chi connectivity index (χ1) is 4.83. The Morgan fingerprint density at radius 1 is 1.90 bits per heavy atom. The second-order valence-electron chi connectivity index (χ2n) is 2.10. The molecule has 1 aliphatic rings. The summed E-state index contributed by atoms with van der Waals surface area (Å²) in [5, 5.41) is 14.1. The van der Waals surface area contributed by atoms with Gasteiger partial charge in [0.1, 0.15) is 0 Å². The van der Waals surface area contributed by atoms with Gasteiger partial charge in [0, 0.05) is 12.4 Å². The predicted molar refractivity (Wildman–Crippen MR) is 39.4 cm³/mol. The van der Waals surface area contributed by atoms with E-state index in [2.05, 4.69) is 15.6 Å². The zero-order valence-corrected chi connectivity index (χ0v) is 5.83. The summed E-state index contributed by atoms with van der Waals surface area (Å²) in [6.07, 6.45) is 3.43. The zero-order chi connectivity index (χ0) is 7.40. The molecule has 0 spiro atoms. The van der Waals surface area contributed by atoms with Gasteiger partial charge in [0.15, 0.2) is 6.29 Å². The second-order valence-corrected chi connectivity index (χ2v) is 2.10. The molecule has 0 saturated heterocycles. The van der Waals surface area contributed by atoms with Crippen LogP contribution in [-0.4, -0.2) is 24.3 Å². The number of nitrogens with one attached hydrogen (secondary N) is 2. The van der Waals surface area contributed by atoms with E-state index >= 15 is 0 Å². The maximum atomic E-state index is 8.44. The summed E-state index contributed by atoms with van der Waals surface area (Å²) in [5.74, 6) is 0. The molecule has 1 unspecified atom stereocenters. The van der Waals surface area contributed by atoms with Crippen LogP contribution in [0.5, 0.6) is 0 Å². The van der Waals surface area contributed by atoms with Crippen LogP contribution in [0.2, 0.25) is 0 Å². The number of aliphatic imine (C=N–C) groups is 1. The van der Waals surface area contributed by atoms with Gasteiger partial charge in [-0.05, 0) is 12.5 Å². The molecule has 1 rings (SSSR count). The van der Waals surface area contributed by atoms with Crippen molar-refractivity contribution in [1.29, 1.82) is 0 Å². The molecule has 0 aromatic carbocycles. The summed E-state index contributed by atoms with van der Waals surface area (Å²) in [6, 6.07) is 0. The number of allylic oxidation sites excluding steroid dienone is 1. The maximum Gasteiger partial charge on any atom is 0.175 e. The fraction of sp³-hybridized carbons (Fsp3) is 0.500. The van der Waals surface area contributed by atoms with Crippen molar-refractivity contribution in [3.63, 3.8) is 0 Å². The third-order valence-electron chi connectivity index (χ3n) is 1.18. The van der Waals surface area contributed by atoms with Gasteiger partial charge in [0.2, 0.25) is 0 Å². The molecule has 0 radical (unpaired) electrons. The molecule has 0 aliphatic carbocycles. The number of aliphatic hydroxyl groups is 1. The van der Waals surface area contributed by atoms with Crippen LogP contribution in [0.25, 0.3) is 0 Å². The average molecular weight is 141 g/mol. The summed E-state index contributed by atoms with van der Waals surface area (Å²) in [6.45, 7) is 1.88. The SMILES string of the molecule is CC1=CNC(NCO)N=C1. The van der Waals surface area contributed by atoms with Crippen molar-refractivity contribution < 1.29 is 5.11 Å². The molecule has 0 aromatic rings. The standard InChI is InChI=1S/C6H11N3O/c1-5-2-7-6(8-3-5)9-4-10/h2-3,6-7,9-10H,4H2,1H3. The minimum Gasteiger partial charge on any atom is -0.381 e. The molecule has 10 heavy (non-hydrogen) atoms. The van der Waals surface area contributed by atoms with Gasteiger partial charge < -0.3 is 10.4 Å². The Bertz CT molecular complexity index is 164. The summed E-state index contributed by atoms with van der Waals surface area (Å²) >= 11 is 0. The van der Waals surface area contributed by atoms with Gasteiger partial charge in [-0.15, -0.1) is 0 Å². The topological polar surface area (TPSA) is 56.6 Å². The summed E-state index contributed by atoms with van der Waals surface area (Å²) < 4.78 is 0. The number of hydrogen-bond donors (Lipinski definition) is 3. The van der Waals surface area contributed by atoms with Crippen LogP contribution in [0.1, 0.15) is 6.92 Å². The smallest absolute Gasteiger partial charge is 0.175 e. The summed E-state index contributed by atoms with van der Waals surface area (Å²) in [4.78, 5) is 4.02. The molecule has 0 saturated carbocycles. The zero-order valence-electron chi connectivity index (χ0n) is 5.83. The third kappa shape index (κ3) is 1.82. The lowest BCUT2D eigenvalue weighted by atomic mass is 10.3. The Kier molecular flexibility index (Phi) is 2.42. The highest BCUT2D eigenvalue weighted by atomic mass is 16.3. The van der Waals surface area contributed by atoms with Crippen LogP contribution in [0, 0.1) is 0 Å². The van der Waals surface area contributed by atoms with E-state index in [0.717, 1.165) is 5.57 Å². The monoisotopic (exact) mass is 141 g/mol. The molecule has 0 fully saturated rings. The van der Waals surface area contributed by atoms with Crippen LogP contribution in [0.15, 0.2) is 16.8 Å². The Labute approximate surface area is 59.7 Å². The molecular weight excluding hydrogens is 130 g/mol. The van der Waals surface area contributed by atoms with E-state index in [1.165, 1.54) is 0 Å². The molecule has 0 amide bonds. The van der Waals surface area contributed by atoms with E-state index in [1.807, 2.05) is 13.1 Å². The van der Waals surface area contributed by atoms with Gasteiger partial charge in [0.25, 0.3) is 0 Å². The molecule has 3 N–H and O–H groups in total. The van der Waals surface area contributed by atoms with Crippen LogP contribution >= 0.6 is 0 Å². The minimum absolute atomic E-state index is 0.0676. The second kappa shape index (κ2) is 3.34. The molecule has 4 nitrogen and oxygen atoms in total. The highest BCUT2D eigenvalue weighted by molar-refractivity contribution is 5.78. The first-order valence-corrected chi connectivity index (χ1v) is 3.13. The quantitative estimate of drug-likeness (QED) is 0.449. The molecule has 1 atom stereocenters. The van der Waals surface area contributed by atoms with Crippen molar-refractivity contribution in [2.75, 3.05) is 6.73 Å². The number of aliphatic hydroxyl groups excluding tert-OH is 1. The summed E-state index contributed by atoms with van der Waals surface area (Å²) in [7, 11) is 0. The fourth-order valence-electron chi connectivity index (χ4n) is 0.681. The van der Waals surface area contributed by atoms with Crippen molar-refractivity contribution >= 4 is 6.21 Å². The average Bonchev–Trinajstić information content (AvgIpc) is 1.95. The van der Waals surface area contributed by atoms with Crippen LogP contribution in [0.4, 0.5) is 0 Å².